The number of alkyl halides is 1. The molecule has 0 bridgehead atoms. The Labute approximate surface area is 115 Å². The Kier molecular flexibility index (Phi) is 4.21. The van der Waals surface area contributed by atoms with E-state index in [1.807, 2.05) is 6.07 Å². The fraction of sp³-hybridized carbons (Fsp3) is 0.625. The van der Waals surface area contributed by atoms with Crippen molar-refractivity contribution in [2.75, 3.05) is 7.11 Å². The lowest BCUT2D eigenvalue weighted by Gasteiger charge is -2.38. The second kappa shape index (κ2) is 5.52. The minimum absolute atomic E-state index is 0.113. The van der Waals surface area contributed by atoms with E-state index in [0.717, 1.165) is 5.75 Å². The van der Waals surface area contributed by atoms with E-state index in [-0.39, 0.29) is 10.8 Å². The number of halogens is 1. The van der Waals surface area contributed by atoms with Gasteiger partial charge in [0.25, 0.3) is 0 Å². The SMILES string of the molecule is COc1ccc(C(Cl)C2(C)CCCCC2)cc1C. The van der Waals surface area contributed by atoms with Gasteiger partial charge in [-0.3, -0.25) is 0 Å². The molecule has 100 valence electrons. The molecule has 0 saturated heterocycles. The van der Waals surface area contributed by atoms with Crippen molar-refractivity contribution in [2.45, 2.75) is 51.3 Å². The molecule has 1 aliphatic carbocycles. The maximum absolute atomic E-state index is 6.75. The zero-order valence-corrected chi connectivity index (χ0v) is 12.4. The molecule has 0 radical (unpaired) electrons. The van der Waals surface area contributed by atoms with E-state index < -0.39 is 0 Å². The van der Waals surface area contributed by atoms with Crippen molar-refractivity contribution in [1.29, 1.82) is 0 Å². The maximum atomic E-state index is 6.75. The number of ether oxygens (including phenoxy) is 1. The molecule has 0 amide bonds. The highest BCUT2D eigenvalue weighted by atomic mass is 35.5. The molecule has 2 heteroatoms. The first-order chi connectivity index (χ1) is 8.57. The fourth-order valence-corrected chi connectivity index (χ4v) is 3.43. The van der Waals surface area contributed by atoms with Crippen molar-refractivity contribution in [3.63, 3.8) is 0 Å². The topological polar surface area (TPSA) is 9.23 Å². The van der Waals surface area contributed by atoms with Crippen LogP contribution in [-0.4, -0.2) is 7.11 Å². The monoisotopic (exact) mass is 266 g/mol. The first kappa shape index (κ1) is 13.7. The Morgan fingerprint density at radius 2 is 1.89 bits per heavy atom. The molecular weight excluding hydrogens is 244 g/mol. The zero-order chi connectivity index (χ0) is 13.2. The lowest BCUT2D eigenvalue weighted by molar-refractivity contribution is 0.206. The molecule has 1 aliphatic rings. The lowest BCUT2D eigenvalue weighted by atomic mass is 9.71. The van der Waals surface area contributed by atoms with Gasteiger partial charge in [0.15, 0.2) is 0 Å². The van der Waals surface area contributed by atoms with Crippen LogP contribution < -0.4 is 4.74 Å². The smallest absolute Gasteiger partial charge is 0.121 e. The van der Waals surface area contributed by atoms with Gasteiger partial charge >= 0.3 is 0 Å². The van der Waals surface area contributed by atoms with E-state index in [1.165, 1.54) is 43.2 Å². The highest BCUT2D eigenvalue weighted by Crippen LogP contribution is 2.49. The predicted octanol–water partition coefficient (Wildman–Crippen LogP) is 5.25. The van der Waals surface area contributed by atoms with Crippen LogP contribution in [0, 0.1) is 12.3 Å². The maximum Gasteiger partial charge on any atom is 0.121 e. The molecule has 1 aromatic rings. The summed E-state index contributed by atoms with van der Waals surface area (Å²) in [6, 6.07) is 6.33. The fourth-order valence-electron chi connectivity index (χ4n) is 3.07. The molecule has 1 fully saturated rings. The number of methoxy groups -OCH3 is 1. The summed E-state index contributed by atoms with van der Waals surface area (Å²) in [6.45, 7) is 4.42. The van der Waals surface area contributed by atoms with Gasteiger partial charge in [-0.25, -0.2) is 0 Å². The predicted molar refractivity (Wildman–Crippen MR) is 77.5 cm³/mol. The number of benzene rings is 1. The second-order valence-corrected chi connectivity index (χ2v) is 6.24. The standard InChI is InChI=1S/C16H23ClO/c1-12-11-13(7-8-14(12)18-3)15(17)16(2)9-5-4-6-10-16/h7-8,11,15H,4-6,9-10H2,1-3H3. The Balaban J connectivity index is 2.22. The molecule has 1 aromatic carbocycles. The summed E-state index contributed by atoms with van der Waals surface area (Å²) < 4.78 is 5.31. The van der Waals surface area contributed by atoms with Crippen LogP contribution in [0.25, 0.3) is 0 Å². The third kappa shape index (κ3) is 2.66. The summed E-state index contributed by atoms with van der Waals surface area (Å²) in [7, 11) is 1.71. The van der Waals surface area contributed by atoms with Gasteiger partial charge in [0.05, 0.1) is 12.5 Å². The number of hydrogen-bond acceptors (Lipinski definition) is 1. The highest BCUT2D eigenvalue weighted by molar-refractivity contribution is 6.21. The molecule has 18 heavy (non-hydrogen) atoms. The normalized spacial score (nSPS) is 20.4. The van der Waals surface area contributed by atoms with Crippen molar-refractivity contribution in [1.82, 2.24) is 0 Å². The van der Waals surface area contributed by atoms with Gasteiger partial charge in [0.1, 0.15) is 5.75 Å². The van der Waals surface area contributed by atoms with Crippen molar-refractivity contribution < 1.29 is 4.74 Å². The van der Waals surface area contributed by atoms with Gasteiger partial charge in [-0.1, -0.05) is 38.3 Å². The Hall–Kier alpha value is -0.690. The van der Waals surface area contributed by atoms with E-state index in [9.17, 15) is 0 Å². The molecule has 0 heterocycles. The van der Waals surface area contributed by atoms with E-state index in [4.69, 9.17) is 16.3 Å². The summed E-state index contributed by atoms with van der Waals surface area (Å²) in [5.74, 6) is 0.941. The Morgan fingerprint density at radius 3 is 2.44 bits per heavy atom. The summed E-state index contributed by atoms with van der Waals surface area (Å²) in [5.41, 5.74) is 2.65. The van der Waals surface area contributed by atoms with Gasteiger partial charge in [-0.2, -0.15) is 0 Å². The van der Waals surface area contributed by atoms with Crippen molar-refractivity contribution in [3.8, 4) is 5.75 Å². The van der Waals surface area contributed by atoms with Gasteiger partial charge in [0, 0.05) is 0 Å². The molecule has 1 saturated carbocycles. The number of rotatable bonds is 3. The minimum Gasteiger partial charge on any atom is -0.496 e. The minimum atomic E-state index is 0.113. The first-order valence-electron chi connectivity index (χ1n) is 6.85. The summed E-state index contributed by atoms with van der Waals surface area (Å²) in [5, 5.41) is 0.113. The third-order valence-corrected chi connectivity index (χ3v) is 5.10. The van der Waals surface area contributed by atoms with Gasteiger partial charge in [-0.05, 0) is 42.4 Å². The summed E-state index contributed by atoms with van der Waals surface area (Å²) >= 11 is 6.75. The van der Waals surface area contributed by atoms with Gasteiger partial charge in [-0.15, -0.1) is 11.6 Å². The van der Waals surface area contributed by atoms with E-state index >= 15 is 0 Å². The van der Waals surface area contributed by atoms with Gasteiger partial charge < -0.3 is 4.74 Å². The summed E-state index contributed by atoms with van der Waals surface area (Å²) in [4.78, 5) is 0. The van der Waals surface area contributed by atoms with Gasteiger partial charge in [0.2, 0.25) is 0 Å². The molecule has 1 unspecified atom stereocenters. The highest BCUT2D eigenvalue weighted by Gasteiger charge is 2.35. The van der Waals surface area contributed by atoms with Crippen molar-refractivity contribution >= 4 is 11.6 Å². The number of hydrogen-bond donors (Lipinski definition) is 0. The molecular formula is C16H23ClO. The zero-order valence-electron chi connectivity index (χ0n) is 11.6. The van der Waals surface area contributed by atoms with Crippen LogP contribution >= 0.6 is 11.6 Å². The van der Waals surface area contributed by atoms with Crippen LogP contribution in [0.2, 0.25) is 0 Å². The average molecular weight is 267 g/mol. The Morgan fingerprint density at radius 1 is 1.22 bits per heavy atom. The van der Waals surface area contributed by atoms with Crippen LogP contribution in [0.4, 0.5) is 0 Å². The quantitative estimate of drug-likeness (QED) is 0.679. The third-order valence-electron chi connectivity index (χ3n) is 4.32. The van der Waals surface area contributed by atoms with Crippen LogP contribution in [0.15, 0.2) is 18.2 Å². The van der Waals surface area contributed by atoms with Crippen LogP contribution in [0.5, 0.6) is 5.75 Å². The second-order valence-electron chi connectivity index (χ2n) is 5.81. The number of aryl methyl sites for hydroxylation is 1. The molecule has 2 rings (SSSR count). The van der Waals surface area contributed by atoms with E-state index in [2.05, 4.69) is 26.0 Å². The molecule has 0 aliphatic heterocycles. The van der Waals surface area contributed by atoms with Crippen LogP contribution in [-0.2, 0) is 0 Å². The molecule has 0 spiro atoms. The van der Waals surface area contributed by atoms with Crippen molar-refractivity contribution in [3.05, 3.63) is 29.3 Å². The molecule has 1 nitrogen and oxygen atoms in total. The molecule has 0 aromatic heterocycles. The van der Waals surface area contributed by atoms with Crippen molar-refractivity contribution in [2.24, 2.45) is 5.41 Å². The molecule has 1 atom stereocenters. The average Bonchev–Trinajstić information content (AvgIpc) is 2.38. The summed E-state index contributed by atoms with van der Waals surface area (Å²) in [6.07, 6.45) is 6.48. The Bertz CT molecular complexity index is 408. The largest absolute Gasteiger partial charge is 0.496 e. The van der Waals surface area contributed by atoms with E-state index in [0.29, 0.717) is 0 Å². The first-order valence-corrected chi connectivity index (χ1v) is 7.29. The van der Waals surface area contributed by atoms with Crippen LogP contribution in [0.3, 0.4) is 0 Å². The lowest BCUT2D eigenvalue weighted by Crippen LogP contribution is -2.25. The van der Waals surface area contributed by atoms with E-state index in [1.54, 1.807) is 7.11 Å². The van der Waals surface area contributed by atoms with Crippen LogP contribution in [0.1, 0.15) is 55.5 Å². The molecule has 0 N–H and O–H groups in total.